The van der Waals surface area contributed by atoms with Gasteiger partial charge in [0.05, 0.1) is 4.47 Å². The van der Waals surface area contributed by atoms with Gasteiger partial charge in [0.2, 0.25) is 0 Å². The highest BCUT2D eigenvalue weighted by Gasteiger charge is 2.15. The number of nitrogens with one attached hydrogen (secondary N) is 1. The minimum atomic E-state index is -0.315. The molecule has 0 heterocycles. The van der Waals surface area contributed by atoms with Gasteiger partial charge in [0.1, 0.15) is 11.6 Å². The van der Waals surface area contributed by atoms with E-state index < -0.39 is 0 Å². The first-order valence-electron chi connectivity index (χ1n) is 6.63. The van der Waals surface area contributed by atoms with Gasteiger partial charge in [0, 0.05) is 10.5 Å². The molecule has 5 heteroatoms. The summed E-state index contributed by atoms with van der Waals surface area (Å²) in [6.07, 6.45) is 0.459. The first kappa shape index (κ1) is 16.6. The Morgan fingerprint density at radius 3 is 2.48 bits per heavy atom. The van der Waals surface area contributed by atoms with E-state index in [1.54, 1.807) is 18.2 Å². The minimum absolute atomic E-state index is 0.138. The highest BCUT2D eigenvalue weighted by Crippen LogP contribution is 2.25. The zero-order valence-electron chi connectivity index (χ0n) is 11.5. The van der Waals surface area contributed by atoms with Crippen LogP contribution in [0, 0.1) is 11.6 Å². The molecule has 0 aliphatic heterocycles. The summed E-state index contributed by atoms with van der Waals surface area (Å²) in [6.45, 7) is 2.69. The third-order valence-electron chi connectivity index (χ3n) is 3.23. The average molecular weight is 419 g/mol. The summed E-state index contributed by atoms with van der Waals surface area (Å²) >= 11 is 6.49. The van der Waals surface area contributed by atoms with Crippen molar-refractivity contribution in [2.24, 2.45) is 0 Å². The van der Waals surface area contributed by atoms with Crippen LogP contribution < -0.4 is 5.32 Å². The molecule has 0 saturated heterocycles. The lowest BCUT2D eigenvalue weighted by molar-refractivity contribution is 0.523. The van der Waals surface area contributed by atoms with Crippen LogP contribution in [0.3, 0.4) is 0 Å². The number of halogens is 4. The highest BCUT2D eigenvalue weighted by molar-refractivity contribution is 9.10. The predicted molar refractivity (Wildman–Crippen MR) is 88.3 cm³/mol. The number of benzene rings is 2. The first-order chi connectivity index (χ1) is 10.0. The summed E-state index contributed by atoms with van der Waals surface area (Å²) in [5.41, 5.74) is 1.40. The van der Waals surface area contributed by atoms with E-state index in [9.17, 15) is 8.78 Å². The predicted octanol–water partition coefficient (Wildman–Crippen LogP) is 5.38. The molecule has 1 atom stereocenters. The fraction of sp³-hybridized carbons (Fsp3) is 0.250. The molecule has 21 heavy (non-hydrogen) atoms. The molecule has 1 nitrogen and oxygen atoms in total. The Morgan fingerprint density at radius 1 is 1.05 bits per heavy atom. The van der Waals surface area contributed by atoms with E-state index >= 15 is 0 Å². The number of hydrogen-bond acceptors (Lipinski definition) is 1. The minimum Gasteiger partial charge on any atom is -0.310 e. The lowest BCUT2D eigenvalue weighted by atomic mass is 9.98. The molecule has 1 unspecified atom stereocenters. The second-order valence-electron chi connectivity index (χ2n) is 4.72. The molecule has 2 rings (SSSR count). The van der Waals surface area contributed by atoms with Gasteiger partial charge >= 0.3 is 0 Å². The van der Waals surface area contributed by atoms with Gasteiger partial charge in [-0.25, -0.2) is 8.78 Å². The SMILES string of the molecule is CCNC(Cc1cc(Br)ccc1F)c1ccc(Br)c(F)c1. The molecule has 1 N–H and O–H groups in total. The highest BCUT2D eigenvalue weighted by atomic mass is 79.9. The smallest absolute Gasteiger partial charge is 0.137 e. The van der Waals surface area contributed by atoms with E-state index in [4.69, 9.17) is 0 Å². The van der Waals surface area contributed by atoms with Gasteiger partial charge in [-0.15, -0.1) is 0 Å². The molecule has 0 saturated carbocycles. The Labute approximate surface area is 140 Å². The Balaban J connectivity index is 2.30. The van der Waals surface area contributed by atoms with Crippen LogP contribution in [0.15, 0.2) is 45.3 Å². The quantitative estimate of drug-likeness (QED) is 0.686. The van der Waals surface area contributed by atoms with Crippen LogP contribution in [0.25, 0.3) is 0 Å². The summed E-state index contributed by atoms with van der Waals surface area (Å²) in [5, 5.41) is 3.28. The Morgan fingerprint density at radius 2 is 1.81 bits per heavy atom. The van der Waals surface area contributed by atoms with Crippen LogP contribution in [-0.4, -0.2) is 6.54 Å². The maximum Gasteiger partial charge on any atom is 0.137 e. The molecule has 0 radical (unpaired) electrons. The lowest BCUT2D eigenvalue weighted by Gasteiger charge is -2.19. The van der Waals surface area contributed by atoms with E-state index in [-0.39, 0.29) is 17.7 Å². The second-order valence-corrected chi connectivity index (χ2v) is 6.49. The van der Waals surface area contributed by atoms with Crippen LogP contribution in [0.4, 0.5) is 8.78 Å². The summed E-state index contributed by atoms with van der Waals surface area (Å²) < 4.78 is 28.9. The van der Waals surface area contributed by atoms with Crippen molar-refractivity contribution in [3.63, 3.8) is 0 Å². The molecule has 112 valence electrons. The van der Waals surface area contributed by atoms with Crippen molar-refractivity contribution in [1.29, 1.82) is 0 Å². The fourth-order valence-electron chi connectivity index (χ4n) is 2.20. The zero-order valence-corrected chi connectivity index (χ0v) is 14.6. The van der Waals surface area contributed by atoms with Gasteiger partial charge in [-0.2, -0.15) is 0 Å². The fourth-order valence-corrected chi connectivity index (χ4v) is 2.86. The van der Waals surface area contributed by atoms with Gasteiger partial charge in [-0.05, 0) is 70.4 Å². The molecule has 2 aromatic rings. The maximum absolute atomic E-state index is 13.9. The van der Waals surface area contributed by atoms with Crippen molar-refractivity contribution in [2.45, 2.75) is 19.4 Å². The third-order valence-corrected chi connectivity index (χ3v) is 4.36. The molecular weight excluding hydrogens is 404 g/mol. The van der Waals surface area contributed by atoms with Crippen molar-refractivity contribution in [3.05, 3.63) is 68.1 Å². The summed E-state index contributed by atoms with van der Waals surface area (Å²) in [5.74, 6) is -0.566. The Hall–Kier alpha value is -0.780. The van der Waals surface area contributed by atoms with E-state index in [0.29, 0.717) is 16.5 Å². The molecule has 0 aliphatic carbocycles. The van der Waals surface area contributed by atoms with E-state index in [0.717, 1.165) is 16.6 Å². The van der Waals surface area contributed by atoms with Crippen molar-refractivity contribution < 1.29 is 8.78 Å². The van der Waals surface area contributed by atoms with Crippen LogP contribution in [0.1, 0.15) is 24.1 Å². The lowest BCUT2D eigenvalue weighted by Crippen LogP contribution is -2.23. The largest absolute Gasteiger partial charge is 0.310 e. The molecule has 0 aliphatic rings. The zero-order chi connectivity index (χ0) is 15.4. The number of hydrogen-bond donors (Lipinski definition) is 1. The van der Waals surface area contributed by atoms with Gasteiger partial charge in [-0.3, -0.25) is 0 Å². The molecule has 0 aromatic heterocycles. The second kappa shape index (κ2) is 7.47. The average Bonchev–Trinajstić information content (AvgIpc) is 2.45. The third kappa shape index (κ3) is 4.34. The molecular formula is C16H15Br2F2N. The maximum atomic E-state index is 13.9. The summed E-state index contributed by atoms with van der Waals surface area (Å²) in [6, 6.07) is 9.72. The normalized spacial score (nSPS) is 12.4. The van der Waals surface area contributed by atoms with Gasteiger partial charge in [0.15, 0.2) is 0 Å². The van der Waals surface area contributed by atoms with Crippen LogP contribution >= 0.6 is 31.9 Å². The molecule has 0 spiro atoms. The van der Waals surface area contributed by atoms with Gasteiger partial charge in [0.25, 0.3) is 0 Å². The standard InChI is InChI=1S/C16H15Br2F2N/c1-2-21-16(10-3-5-13(18)15(20)8-10)9-11-7-12(17)4-6-14(11)19/h3-8,16,21H,2,9H2,1H3. The van der Waals surface area contributed by atoms with Crippen molar-refractivity contribution >= 4 is 31.9 Å². The van der Waals surface area contributed by atoms with Crippen LogP contribution in [0.2, 0.25) is 0 Å². The van der Waals surface area contributed by atoms with Crippen LogP contribution in [-0.2, 0) is 6.42 Å². The van der Waals surface area contributed by atoms with Crippen molar-refractivity contribution in [2.75, 3.05) is 6.54 Å². The summed E-state index contributed by atoms with van der Waals surface area (Å²) in [7, 11) is 0. The topological polar surface area (TPSA) is 12.0 Å². The van der Waals surface area contributed by atoms with Gasteiger partial charge in [-0.1, -0.05) is 28.9 Å². The van der Waals surface area contributed by atoms with Gasteiger partial charge < -0.3 is 5.32 Å². The van der Waals surface area contributed by atoms with Crippen molar-refractivity contribution in [1.82, 2.24) is 5.32 Å². The molecule has 0 amide bonds. The first-order valence-corrected chi connectivity index (χ1v) is 8.22. The van der Waals surface area contributed by atoms with E-state index in [1.165, 1.54) is 12.1 Å². The Kier molecular flexibility index (Phi) is 5.90. The Bertz CT molecular complexity index is 632. The number of likely N-dealkylation sites (N-methyl/N-ethyl adjacent to an activating group) is 1. The molecule has 2 aromatic carbocycles. The van der Waals surface area contributed by atoms with Crippen molar-refractivity contribution in [3.8, 4) is 0 Å². The monoisotopic (exact) mass is 417 g/mol. The summed E-state index contributed by atoms with van der Waals surface area (Å²) in [4.78, 5) is 0. The van der Waals surface area contributed by atoms with E-state index in [2.05, 4.69) is 37.2 Å². The van der Waals surface area contributed by atoms with E-state index in [1.807, 2.05) is 13.0 Å². The molecule has 0 bridgehead atoms. The van der Waals surface area contributed by atoms with Crippen LogP contribution in [0.5, 0.6) is 0 Å². The molecule has 0 fully saturated rings. The number of rotatable bonds is 5.